The van der Waals surface area contributed by atoms with Crippen LogP contribution in [0.4, 0.5) is 0 Å². The van der Waals surface area contributed by atoms with Crippen LogP contribution in [0, 0.1) is 5.92 Å². The summed E-state index contributed by atoms with van der Waals surface area (Å²) in [5.74, 6) is 0.0956. The number of Topliss-reactive ketones (excluding diaryl/α,β-unsaturated/α-hetero) is 1. The van der Waals surface area contributed by atoms with Crippen molar-refractivity contribution in [1.29, 1.82) is 0 Å². The fourth-order valence-corrected chi connectivity index (χ4v) is 2.32. The zero-order chi connectivity index (χ0) is 12.4. The Labute approximate surface area is 102 Å². The number of aliphatic hydroxyl groups excluding tert-OH is 1. The average Bonchev–Trinajstić information content (AvgIpc) is 2.32. The number of allylic oxidation sites excluding steroid dienone is 2. The molecule has 0 saturated heterocycles. The minimum Gasteiger partial charge on any atom is -0.388 e. The zero-order valence-electron chi connectivity index (χ0n) is 10.3. The average molecular weight is 230 g/mol. The first kappa shape index (κ1) is 12.1. The quantitative estimate of drug-likeness (QED) is 0.792. The van der Waals surface area contributed by atoms with Gasteiger partial charge in [-0.25, -0.2) is 0 Å². The van der Waals surface area contributed by atoms with Gasteiger partial charge in [-0.2, -0.15) is 0 Å². The van der Waals surface area contributed by atoms with Crippen LogP contribution >= 0.6 is 0 Å². The van der Waals surface area contributed by atoms with E-state index >= 15 is 0 Å². The van der Waals surface area contributed by atoms with Crippen molar-refractivity contribution in [2.45, 2.75) is 32.8 Å². The van der Waals surface area contributed by atoms with Gasteiger partial charge in [0, 0.05) is 11.5 Å². The summed E-state index contributed by atoms with van der Waals surface area (Å²) < 4.78 is 0. The molecule has 0 radical (unpaired) electrons. The van der Waals surface area contributed by atoms with E-state index in [-0.39, 0.29) is 11.7 Å². The molecule has 0 spiro atoms. The first-order valence-electron chi connectivity index (χ1n) is 6.04. The molecule has 1 aliphatic carbocycles. The highest BCUT2D eigenvalue weighted by atomic mass is 16.3. The SMILES string of the molecule is CC(C)=CC[C@@H]1C[C@@H](O)c2ccccc2C1=O. The molecule has 1 N–H and O–H groups in total. The van der Waals surface area contributed by atoms with E-state index in [4.69, 9.17) is 0 Å². The molecule has 2 nitrogen and oxygen atoms in total. The lowest BCUT2D eigenvalue weighted by Gasteiger charge is -2.26. The highest BCUT2D eigenvalue weighted by Gasteiger charge is 2.31. The summed E-state index contributed by atoms with van der Waals surface area (Å²) in [6, 6.07) is 7.38. The van der Waals surface area contributed by atoms with Crippen molar-refractivity contribution in [2.75, 3.05) is 0 Å². The van der Waals surface area contributed by atoms with E-state index in [1.165, 1.54) is 5.57 Å². The van der Waals surface area contributed by atoms with Crippen molar-refractivity contribution < 1.29 is 9.90 Å². The Morgan fingerprint density at radius 3 is 2.82 bits per heavy atom. The third-order valence-corrected chi connectivity index (χ3v) is 3.27. The number of aliphatic hydroxyl groups is 1. The van der Waals surface area contributed by atoms with Gasteiger partial charge in [0.2, 0.25) is 0 Å². The summed E-state index contributed by atoms with van der Waals surface area (Å²) in [5.41, 5.74) is 2.69. The van der Waals surface area contributed by atoms with E-state index in [1.807, 2.05) is 38.1 Å². The number of rotatable bonds is 2. The number of fused-ring (bicyclic) bond motifs is 1. The van der Waals surface area contributed by atoms with Gasteiger partial charge in [-0.15, -0.1) is 0 Å². The number of benzene rings is 1. The lowest BCUT2D eigenvalue weighted by molar-refractivity contribution is 0.0777. The van der Waals surface area contributed by atoms with Crippen LogP contribution in [0.15, 0.2) is 35.9 Å². The Balaban J connectivity index is 2.27. The molecule has 2 heteroatoms. The second kappa shape index (κ2) is 4.84. The van der Waals surface area contributed by atoms with Crippen LogP contribution in [-0.2, 0) is 0 Å². The lowest BCUT2D eigenvalue weighted by Crippen LogP contribution is -2.25. The summed E-state index contributed by atoms with van der Waals surface area (Å²) in [6.07, 6.45) is 2.84. The molecular weight excluding hydrogens is 212 g/mol. The third kappa shape index (κ3) is 2.47. The smallest absolute Gasteiger partial charge is 0.166 e. The van der Waals surface area contributed by atoms with Gasteiger partial charge in [-0.3, -0.25) is 4.79 Å². The van der Waals surface area contributed by atoms with Gasteiger partial charge in [-0.05, 0) is 32.3 Å². The molecule has 0 amide bonds. The fourth-order valence-electron chi connectivity index (χ4n) is 2.32. The van der Waals surface area contributed by atoms with Gasteiger partial charge >= 0.3 is 0 Å². The van der Waals surface area contributed by atoms with Gasteiger partial charge in [0.1, 0.15) is 0 Å². The van der Waals surface area contributed by atoms with E-state index in [1.54, 1.807) is 0 Å². The van der Waals surface area contributed by atoms with Crippen LogP contribution in [0.25, 0.3) is 0 Å². The molecule has 1 aromatic carbocycles. The van der Waals surface area contributed by atoms with Crippen molar-refractivity contribution in [3.63, 3.8) is 0 Å². The van der Waals surface area contributed by atoms with Gasteiger partial charge in [0.25, 0.3) is 0 Å². The Bertz CT molecular complexity index is 456. The molecule has 0 aliphatic heterocycles. The molecule has 2 rings (SSSR count). The molecule has 0 heterocycles. The fraction of sp³-hybridized carbons (Fsp3) is 0.400. The normalized spacial score (nSPS) is 23.1. The monoisotopic (exact) mass is 230 g/mol. The number of ketones is 1. The Morgan fingerprint density at radius 1 is 1.41 bits per heavy atom. The third-order valence-electron chi connectivity index (χ3n) is 3.27. The molecular formula is C15H18O2. The maximum absolute atomic E-state index is 12.2. The van der Waals surface area contributed by atoms with Gasteiger partial charge in [-0.1, -0.05) is 35.9 Å². The predicted octanol–water partition coefficient (Wildman–Crippen LogP) is 3.28. The van der Waals surface area contributed by atoms with Crippen molar-refractivity contribution in [1.82, 2.24) is 0 Å². The summed E-state index contributed by atoms with van der Waals surface area (Å²) in [6.45, 7) is 4.05. The minimum atomic E-state index is -0.500. The minimum absolute atomic E-state index is 0.0743. The lowest BCUT2D eigenvalue weighted by atomic mass is 9.79. The topological polar surface area (TPSA) is 37.3 Å². The molecule has 0 unspecified atom stereocenters. The van der Waals surface area contributed by atoms with Gasteiger partial charge in [0.15, 0.2) is 5.78 Å². The first-order valence-corrected chi connectivity index (χ1v) is 6.04. The predicted molar refractivity (Wildman–Crippen MR) is 67.9 cm³/mol. The van der Waals surface area contributed by atoms with Crippen LogP contribution in [0.1, 0.15) is 48.7 Å². The Hall–Kier alpha value is -1.41. The maximum atomic E-state index is 12.2. The van der Waals surface area contributed by atoms with Gasteiger partial charge in [0.05, 0.1) is 6.10 Å². The van der Waals surface area contributed by atoms with Crippen molar-refractivity contribution >= 4 is 5.78 Å². The zero-order valence-corrected chi connectivity index (χ0v) is 10.3. The van der Waals surface area contributed by atoms with Crippen LogP contribution < -0.4 is 0 Å². The van der Waals surface area contributed by atoms with Crippen molar-refractivity contribution in [3.05, 3.63) is 47.0 Å². The molecule has 17 heavy (non-hydrogen) atoms. The molecule has 90 valence electrons. The van der Waals surface area contributed by atoms with Crippen LogP contribution in [0.3, 0.4) is 0 Å². The molecule has 0 saturated carbocycles. The summed E-state index contributed by atoms with van der Waals surface area (Å²) in [5, 5.41) is 10.0. The summed E-state index contributed by atoms with van der Waals surface area (Å²) in [4.78, 5) is 12.2. The number of hydrogen-bond donors (Lipinski definition) is 1. The van der Waals surface area contributed by atoms with Crippen LogP contribution in [0.5, 0.6) is 0 Å². The van der Waals surface area contributed by atoms with E-state index in [9.17, 15) is 9.90 Å². The second-order valence-electron chi connectivity index (χ2n) is 4.92. The van der Waals surface area contributed by atoms with E-state index in [0.29, 0.717) is 12.0 Å². The molecule has 0 aromatic heterocycles. The number of hydrogen-bond acceptors (Lipinski definition) is 2. The molecule has 0 bridgehead atoms. The molecule has 1 aromatic rings. The molecule has 0 fully saturated rings. The highest BCUT2D eigenvalue weighted by molar-refractivity contribution is 6.00. The Kier molecular flexibility index (Phi) is 3.43. The van der Waals surface area contributed by atoms with E-state index < -0.39 is 6.10 Å². The molecule has 1 aliphatic rings. The highest BCUT2D eigenvalue weighted by Crippen LogP contribution is 2.34. The summed E-state index contributed by atoms with van der Waals surface area (Å²) in [7, 11) is 0. The number of carbonyl (C=O) groups is 1. The second-order valence-corrected chi connectivity index (χ2v) is 4.92. The van der Waals surface area contributed by atoms with Crippen LogP contribution in [0.2, 0.25) is 0 Å². The van der Waals surface area contributed by atoms with E-state index in [2.05, 4.69) is 6.08 Å². The maximum Gasteiger partial charge on any atom is 0.166 e. The largest absolute Gasteiger partial charge is 0.388 e. The van der Waals surface area contributed by atoms with Crippen molar-refractivity contribution in [3.8, 4) is 0 Å². The Morgan fingerprint density at radius 2 is 2.12 bits per heavy atom. The van der Waals surface area contributed by atoms with Crippen LogP contribution in [-0.4, -0.2) is 10.9 Å². The summed E-state index contributed by atoms with van der Waals surface area (Å²) >= 11 is 0. The standard InChI is InChI=1S/C15H18O2/c1-10(2)7-8-11-9-14(16)12-5-3-4-6-13(12)15(11)17/h3-7,11,14,16H,8-9H2,1-2H3/t11-,14-/m1/s1. The first-order chi connectivity index (χ1) is 8.09. The van der Waals surface area contributed by atoms with Crippen molar-refractivity contribution in [2.24, 2.45) is 5.92 Å². The molecule has 2 atom stereocenters. The van der Waals surface area contributed by atoms with Gasteiger partial charge < -0.3 is 5.11 Å². The number of carbonyl (C=O) groups excluding carboxylic acids is 1. The van der Waals surface area contributed by atoms with E-state index in [0.717, 1.165) is 12.0 Å².